The highest BCUT2D eigenvalue weighted by Crippen LogP contribution is 1.96. The summed E-state index contributed by atoms with van der Waals surface area (Å²) in [5.41, 5.74) is 5.25. The Kier molecular flexibility index (Phi) is 5.97. The molecule has 1 heterocycles. The number of rotatable bonds is 8. The topological polar surface area (TPSA) is 112 Å². The van der Waals surface area contributed by atoms with Crippen molar-refractivity contribution >= 4 is 11.9 Å². The number of esters is 1. The summed E-state index contributed by atoms with van der Waals surface area (Å²) in [5.74, 6) is -0.561. The number of methoxy groups -OCH3 is 1. The molecule has 8 heteroatoms. The summed E-state index contributed by atoms with van der Waals surface area (Å²) in [5, 5.41) is 5.88. The molecule has 0 aliphatic carbocycles. The van der Waals surface area contributed by atoms with Crippen molar-refractivity contribution in [2.45, 2.75) is 6.42 Å². The Morgan fingerprint density at radius 1 is 1.35 bits per heavy atom. The Bertz CT molecular complexity index is 341. The van der Waals surface area contributed by atoms with Crippen molar-refractivity contribution in [1.29, 1.82) is 0 Å². The summed E-state index contributed by atoms with van der Waals surface area (Å²) in [6.07, 6.45) is 0.610. The van der Waals surface area contributed by atoms with E-state index in [1.165, 1.54) is 0 Å². The van der Waals surface area contributed by atoms with Crippen molar-refractivity contribution in [2.24, 2.45) is 0 Å². The number of carbonyl (C=O) groups is 1. The van der Waals surface area contributed by atoms with Crippen LogP contribution in [0.4, 0.5) is 5.95 Å². The molecule has 0 aliphatic rings. The average molecular weight is 244 g/mol. The number of aromatic amines is 1. The van der Waals surface area contributed by atoms with Crippen LogP contribution < -0.4 is 5.73 Å². The normalized spacial score (nSPS) is 10.4. The van der Waals surface area contributed by atoms with Crippen molar-refractivity contribution < 1.29 is 19.0 Å². The zero-order valence-electron chi connectivity index (χ0n) is 9.64. The lowest BCUT2D eigenvalue weighted by Crippen LogP contribution is -2.11. The molecule has 0 atom stereocenters. The van der Waals surface area contributed by atoms with E-state index >= 15 is 0 Å². The van der Waals surface area contributed by atoms with E-state index in [0.717, 1.165) is 0 Å². The number of H-pyrrole nitrogens is 1. The van der Waals surface area contributed by atoms with Crippen molar-refractivity contribution in [1.82, 2.24) is 15.2 Å². The second-order valence-electron chi connectivity index (χ2n) is 3.14. The molecule has 0 fully saturated rings. The molecule has 0 saturated heterocycles. The van der Waals surface area contributed by atoms with Gasteiger partial charge in [0.2, 0.25) is 11.8 Å². The summed E-state index contributed by atoms with van der Waals surface area (Å²) in [6.45, 7) is 1.85. The SMILES string of the molecule is COCCOCCCOC(=O)c1nc(N)n[nH]1. The molecular weight excluding hydrogens is 228 g/mol. The number of anilines is 1. The van der Waals surface area contributed by atoms with E-state index in [-0.39, 0.29) is 18.4 Å². The number of nitrogens with zero attached hydrogens (tertiary/aromatic N) is 2. The van der Waals surface area contributed by atoms with Gasteiger partial charge in [-0.1, -0.05) is 0 Å². The number of nitrogen functional groups attached to an aromatic ring is 1. The van der Waals surface area contributed by atoms with Crippen LogP contribution in [0.2, 0.25) is 0 Å². The van der Waals surface area contributed by atoms with Crippen molar-refractivity contribution in [3.63, 3.8) is 0 Å². The van der Waals surface area contributed by atoms with Gasteiger partial charge in [0.05, 0.1) is 19.8 Å². The predicted molar refractivity (Wildman–Crippen MR) is 58.4 cm³/mol. The second-order valence-corrected chi connectivity index (χ2v) is 3.14. The number of hydrogen-bond acceptors (Lipinski definition) is 7. The van der Waals surface area contributed by atoms with Gasteiger partial charge in [-0.05, 0) is 0 Å². The van der Waals surface area contributed by atoms with E-state index in [9.17, 15) is 4.79 Å². The van der Waals surface area contributed by atoms with Gasteiger partial charge in [0.25, 0.3) is 0 Å². The molecule has 1 rings (SSSR count). The van der Waals surface area contributed by atoms with E-state index < -0.39 is 5.97 Å². The zero-order chi connectivity index (χ0) is 12.5. The predicted octanol–water partition coefficient (Wildman–Crippen LogP) is -0.403. The Hall–Kier alpha value is -1.67. The molecule has 0 spiro atoms. The van der Waals surface area contributed by atoms with Gasteiger partial charge in [0, 0.05) is 20.1 Å². The molecule has 17 heavy (non-hydrogen) atoms. The number of ether oxygens (including phenoxy) is 3. The van der Waals surface area contributed by atoms with Crippen LogP contribution in [0.5, 0.6) is 0 Å². The van der Waals surface area contributed by atoms with Crippen LogP contribution in [0.25, 0.3) is 0 Å². The molecule has 0 aliphatic heterocycles. The third-order valence-corrected chi connectivity index (χ3v) is 1.79. The average Bonchev–Trinajstić information content (AvgIpc) is 2.74. The maximum atomic E-state index is 11.3. The van der Waals surface area contributed by atoms with Crippen LogP contribution in [-0.2, 0) is 14.2 Å². The summed E-state index contributed by atoms with van der Waals surface area (Å²) in [7, 11) is 1.61. The van der Waals surface area contributed by atoms with Gasteiger partial charge < -0.3 is 19.9 Å². The lowest BCUT2D eigenvalue weighted by molar-refractivity contribution is 0.0375. The first-order chi connectivity index (χ1) is 8.24. The fourth-order valence-corrected chi connectivity index (χ4v) is 1.00. The summed E-state index contributed by atoms with van der Waals surface area (Å²) < 4.78 is 14.9. The van der Waals surface area contributed by atoms with Gasteiger partial charge in [-0.3, -0.25) is 5.10 Å². The fraction of sp³-hybridized carbons (Fsp3) is 0.667. The van der Waals surface area contributed by atoms with Crippen LogP contribution >= 0.6 is 0 Å². The molecule has 0 amide bonds. The van der Waals surface area contributed by atoms with E-state index in [1.807, 2.05) is 0 Å². The summed E-state index contributed by atoms with van der Waals surface area (Å²) in [6, 6.07) is 0. The number of aromatic nitrogens is 3. The van der Waals surface area contributed by atoms with Crippen molar-refractivity contribution in [2.75, 3.05) is 39.3 Å². The quantitative estimate of drug-likeness (QED) is 0.472. The minimum Gasteiger partial charge on any atom is -0.460 e. The molecular formula is C9H16N4O4. The van der Waals surface area contributed by atoms with Gasteiger partial charge >= 0.3 is 5.97 Å². The third kappa shape index (κ3) is 5.27. The lowest BCUT2D eigenvalue weighted by atomic mass is 10.5. The number of nitrogens with one attached hydrogen (secondary N) is 1. The highest BCUT2D eigenvalue weighted by Gasteiger charge is 2.11. The monoisotopic (exact) mass is 244 g/mol. The standard InChI is InChI=1S/C9H16N4O4/c1-15-5-6-16-3-2-4-17-8(14)7-11-9(10)13-12-7/h2-6H2,1H3,(H3,10,11,12,13). The van der Waals surface area contributed by atoms with Crippen LogP contribution in [0.15, 0.2) is 0 Å². The number of hydrogen-bond donors (Lipinski definition) is 2. The summed E-state index contributed by atoms with van der Waals surface area (Å²) >= 11 is 0. The van der Waals surface area contributed by atoms with E-state index in [1.54, 1.807) is 7.11 Å². The molecule has 0 saturated carbocycles. The third-order valence-electron chi connectivity index (χ3n) is 1.79. The second kappa shape index (κ2) is 7.58. The molecule has 96 valence electrons. The molecule has 0 bridgehead atoms. The minimum atomic E-state index is -0.578. The van der Waals surface area contributed by atoms with Crippen molar-refractivity contribution in [3.8, 4) is 0 Å². The van der Waals surface area contributed by atoms with Gasteiger partial charge in [-0.15, -0.1) is 5.10 Å². The van der Waals surface area contributed by atoms with Gasteiger partial charge in [-0.2, -0.15) is 4.98 Å². The van der Waals surface area contributed by atoms with Crippen LogP contribution in [-0.4, -0.2) is 54.7 Å². The van der Waals surface area contributed by atoms with E-state index in [0.29, 0.717) is 26.2 Å². The lowest BCUT2D eigenvalue weighted by Gasteiger charge is -2.04. The Morgan fingerprint density at radius 3 is 2.82 bits per heavy atom. The maximum Gasteiger partial charge on any atom is 0.375 e. The fourth-order valence-electron chi connectivity index (χ4n) is 1.00. The summed E-state index contributed by atoms with van der Waals surface area (Å²) in [4.78, 5) is 15.0. The van der Waals surface area contributed by atoms with Gasteiger partial charge in [0.15, 0.2) is 0 Å². The first kappa shape index (κ1) is 13.4. The minimum absolute atomic E-state index is 0.00259. The number of nitrogens with two attached hydrogens (primary N) is 1. The molecule has 3 N–H and O–H groups in total. The van der Waals surface area contributed by atoms with E-state index in [2.05, 4.69) is 15.2 Å². The molecule has 0 radical (unpaired) electrons. The molecule has 1 aromatic rings. The van der Waals surface area contributed by atoms with Gasteiger partial charge in [0.1, 0.15) is 0 Å². The van der Waals surface area contributed by atoms with Crippen molar-refractivity contribution in [3.05, 3.63) is 5.82 Å². The maximum absolute atomic E-state index is 11.3. The van der Waals surface area contributed by atoms with Crippen LogP contribution in [0.3, 0.4) is 0 Å². The number of carbonyl (C=O) groups excluding carboxylic acids is 1. The largest absolute Gasteiger partial charge is 0.460 e. The Balaban J connectivity index is 2.05. The molecule has 8 nitrogen and oxygen atoms in total. The highest BCUT2D eigenvalue weighted by atomic mass is 16.5. The zero-order valence-corrected chi connectivity index (χ0v) is 9.64. The van der Waals surface area contributed by atoms with Crippen LogP contribution in [0, 0.1) is 0 Å². The first-order valence-electron chi connectivity index (χ1n) is 5.15. The smallest absolute Gasteiger partial charge is 0.375 e. The molecule has 1 aromatic heterocycles. The Labute approximate surface area is 98.4 Å². The molecule has 0 aromatic carbocycles. The van der Waals surface area contributed by atoms with Gasteiger partial charge in [-0.25, -0.2) is 4.79 Å². The van der Waals surface area contributed by atoms with E-state index in [4.69, 9.17) is 19.9 Å². The van der Waals surface area contributed by atoms with Crippen LogP contribution in [0.1, 0.15) is 17.0 Å². The highest BCUT2D eigenvalue weighted by molar-refractivity contribution is 5.85. The Morgan fingerprint density at radius 2 is 2.18 bits per heavy atom. The first-order valence-corrected chi connectivity index (χ1v) is 5.15. The molecule has 0 unspecified atom stereocenters.